The molecule has 0 saturated carbocycles. The SMILES string of the molecule is CC(=NNC(=O)c1cccc(O)c1)c1cccc(NC(=O)c2ccc(F)cc2)c1. The smallest absolute Gasteiger partial charge is 0.271 e. The highest BCUT2D eigenvalue weighted by Gasteiger charge is 2.08. The fourth-order valence-corrected chi connectivity index (χ4v) is 2.54. The Morgan fingerprint density at radius 2 is 1.55 bits per heavy atom. The number of phenols is 1. The molecular formula is C22H18FN3O3. The number of aromatic hydroxyl groups is 1. The predicted molar refractivity (Wildman–Crippen MR) is 109 cm³/mol. The van der Waals surface area contributed by atoms with E-state index in [-0.39, 0.29) is 17.2 Å². The minimum Gasteiger partial charge on any atom is -0.508 e. The molecular weight excluding hydrogens is 373 g/mol. The van der Waals surface area contributed by atoms with E-state index in [1.54, 1.807) is 43.3 Å². The molecule has 6 nitrogen and oxygen atoms in total. The number of hydrazone groups is 1. The number of hydrogen-bond donors (Lipinski definition) is 3. The van der Waals surface area contributed by atoms with E-state index in [4.69, 9.17) is 0 Å². The van der Waals surface area contributed by atoms with E-state index in [0.29, 0.717) is 22.5 Å². The van der Waals surface area contributed by atoms with Crippen molar-refractivity contribution in [3.8, 4) is 5.75 Å². The molecule has 0 atom stereocenters. The van der Waals surface area contributed by atoms with Crippen LogP contribution in [-0.2, 0) is 0 Å². The molecule has 0 bridgehead atoms. The fourth-order valence-electron chi connectivity index (χ4n) is 2.54. The average molecular weight is 391 g/mol. The Kier molecular flexibility index (Phi) is 5.99. The average Bonchev–Trinajstić information content (AvgIpc) is 2.72. The molecule has 0 aliphatic heterocycles. The molecule has 0 aliphatic rings. The zero-order valence-corrected chi connectivity index (χ0v) is 15.5. The third-order valence-corrected chi connectivity index (χ3v) is 4.08. The first-order valence-electron chi connectivity index (χ1n) is 8.73. The Bertz CT molecular complexity index is 1080. The number of amides is 2. The quantitative estimate of drug-likeness (QED) is 0.455. The van der Waals surface area contributed by atoms with Crippen molar-refractivity contribution in [3.05, 3.63) is 95.3 Å². The first-order valence-corrected chi connectivity index (χ1v) is 8.73. The molecule has 0 spiro atoms. The fraction of sp³-hybridized carbons (Fsp3) is 0.0455. The van der Waals surface area contributed by atoms with Gasteiger partial charge in [-0.1, -0.05) is 18.2 Å². The van der Waals surface area contributed by atoms with Crippen molar-refractivity contribution in [1.29, 1.82) is 0 Å². The minimum atomic E-state index is -0.457. The second-order valence-corrected chi connectivity index (χ2v) is 6.23. The first kappa shape index (κ1) is 19.8. The zero-order chi connectivity index (χ0) is 20.8. The van der Waals surface area contributed by atoms with Crippen LogP contribution < -0.4 is 10.7 Å². The molecule has 0 radical (unpaired) electrons. The molecule has 7 heteroatoms. The number of rotatable bonds is 5. The Hall–Kier alpha value is -4.00. The van der Waals surface area contributed by atoms with Gasteiger partial charge in [-0.05, 0) is 67.1 Å². The summed E-state index contributed by atoms with van der Waals surface area (Å²) in [5.74, 6) is -1.25. The van der Waals surface area contributed by atoms with Gasteiger partial charge in [0.05, 0.1) is 5.71 Å². The van der Waals surface area contributed by atoms with Crippen LogP contribution in [0.5, 0.6) is 5.75 Å². The maximum atomic E-state index is 13.0. The zero-order valence-electron chi connectivity index (χ0n) is 15.5. The first-order chi connectivity index (χ1) is 13.9. The van der Waals surface area contributed by atoms with Crippen molar-refractivity contribution in [2.24, 2.45) is 5.10 Å². The number of halogens is 1. The summed E-state index contributed by atoms with van der Waals surface area (Å²) in [5.41, 5.74) is 4.79. The molecule has 146 valence electrons. The van der Waals surface area contributed by atoms with Gasteiger partial charge in [-0.15, -0.1) is 0 Å². The molecule has 0 heterocycles. The van der Waals surface area contributed by atoms with Crippen molar-refractivity contribution in [3.63, 3.8) is 0 Å². The monoisotopic (exact) mass is 391 g/mol. The van der Waals surface area contributed by atoms with Crippen LogP contribution in [-0.4, -0.2) is 22.6 Å². The van der Waals surface area contributed by atoms with Gasteiger partial charge in [0.1, 0.15) is 11.6 Å². The van der Waals surface area contributed by atoms with E-state index < -0.39 is 11.7 Å². The summed E-state index contributed by atoms with van der Waals surface area (Å²) in [7, 11) is 0. The third kappa shape index (κ3) is 5.26. The third-order valence-electron chi connectivity index (χ3n) is 4.08. The molecule has 0 saturated heterocycles. The van der Waals surface area contributed by atoms with Crippen LogP contribution in [0.1, 0.15) is 33.2 Å². The minimum absolute atomic E-state index is 0.0112. The molecule has 0 aliphatic carbocycles. The summed E-state index contributed by atoms with van der Waals surface area (Å²) in [5, 5.41) is 16.3. The van der Waals surface area contributed by atoms with Crippen molar-refractivity contribution >= 4 is 23.2 Å². The molecule has 2 amide bonds. The van der Waals surface area contributed by atoms with Crippen LogP contribution in [0.25, 0.3) is 0 Å². The Morgan fingerprint density at radius 3 is 2.28 bits per heavy atom. The van der Waals surface area contributed by atoms with Gasteiger partial charge < -0.3 is 10.4 Å². The molecule has 3 aromatic rings. The Labute approximate surface area is 166 Å². The number of anilines is 1. The number of nitrogens with zero attached hydrogens (tertiary/aromatic N) is 1. The van der Waals surface area contributed by atoms with E-state index in [9.17, 15) is 19.1 Å². The Morgan fingerprint density at radius 1 is 0.862 bits per heavy atom. The van der Waals surface area contributed by atoms with Crippen LogP contribution in [0.15, 0.2) is 77.9 Å². The summed E-state index contributed by atoms with van der Waals surface area (Å²) >= 11 is 0. The van der Waals surface area contributed by atoms with E-state index in [1.807, 2.05) is 0 Å². The summed E-state index contributed by atoms with van der Waals surface area (Å²) in [4.78, 5) is 24.4. The van der Waals surface area contributed by atoms with E-state index in [1.165, 1.54) is 36.4 Å². The topological polar surface area (TPSA) is 90.8 Å². The van der Waals surface area contributed by atoms with E-state index >= 15 is 0 Å². The maximum Gasteiger partial charge on any atom is 0.271 e. The van der Waals surface area contributed by atoms with Crippen LogP contribution in [0, 0.1) is 5.82 Å². The predicted octanol–water partition coefficient (Wildman–Crippen LogP) is 3.94. The molecule has 0 aromatic heterocycles. The molecule has 3 aromatic carbocycles. The largest absolute Gasteiger partial charge is 0.508 e. The van der Waals surface area contributed by atoms with Gasteiger partial charge in [-0.2, -0.15) is 5.10 Å². The summed E-state index contributed by atoms with van der Waals surface area (Å²) < 4.78 is 13.0. The molecule has 0 fully saturated rings. The lowest BCUT2D eigenvalue weighted by Crippen LogP contribution is -2.19. The number of carbonyl (C=O) groups excluding carboxylic acids is 2. The van der Waals surface area contributed by atoms with Crippen molar-refractivity contribution in [1.82, 2.24) is 5.43 Å². The molecule has 0 unspecified atom stereocenters. The van der Waals surface area contributed by atoms with E-state index in [2.05, 4.69) is 15.8 Å². The number of hydrogen-bond acceptors (Lipinski definition) is 4. The highest BCUT2D eigenvalue weighted by atomic mass is 19.1. The Balaban J connectivity index is 1.69. The van der Waals surface area contributed by atoms with Crippen LogP contribution in [0.4, 0.5) is 10.1 Å². The van der Waals surface area contributed by atoms with Gasteiger partial charge in [0, 0.05) is 16.8 Å². The van der Waals surface area contributed by atoms with Crippen LogP contribution in [0.2, 0.25) is 0 Å². The summed E-state index contributed by atoms with van der Waals surface area (Å²) in [6.45, 7) is 1.71. The van der Waals surface area contributed by atoms with Crippen molar-refractivity contribution in [2.75, 3.05) is 5.32 Å². The lowest BCUT2D eigenvalue weighted by Gasteiger charge is -2.08. The maximum absolute atomic E-state index is 13.0. The number of nitrogens with one attached hydrogen (secondary N) is 2. The second kappa shape index (κ2) is 8.79. The van der Waals surface area contributed by atoms with Gasteiger partial charge in [0.25, 0.3) is 11.8 Å². The summed E-state index contributed by atoms with van der Waals surface area (Å²) in [6, 6.07) is 18.1. The highest BCUT2D eigenvalue weighted by molar-refractivity contribution is 6.06. The number of carbonyl (C=O) groups is 2. The number of benzene rings is 3. The standard InChI is InChI=1S/C22H18FN3O3/c1-14(25-26-22(29)17-5-3-7-20(27)13-17)16-4-2-6-19(12-16)24-21(28)15-8-10-18(23)11-9-15/h2-13,27H,1H3,(H,24,28)(H,26,29). The molecule has 3 rings (SSSR count). The van der Waals surface area contributed by atoms with Gasteiger partial charge in [0.2, 0.25) is 0 Å². The van der Waals surface area contributed by atoms with Gasteiger partial charge in [-0.25, -0.2) is 9.82 Å². The highest BCUT2D eigenvalue weighted by Crippen LogP contribution is 2.14. The lowest BCUT2D eigenvalue weighted by atomic mass is 10.1. The molecule has 29 heavy (non-hydrogen) atoms. The van der Waals surface area contributed by atoms with Crippen molar-refractivity contribution < 1.29 is 19.1 Å². The molecule has 3 N–H and O–H groups in total. The lowest BCUT2D eigenvalue weighted by molar-refractivity contribution is 0.0953. The van der Waals surface area contributed by atoms with Gasteiger partial charge in [0.15, 0.2) is 0 Å². The van der Waals surface area contributed by atoms with Gasteiger partial charge >= 0.3 is 0 Å². The van der Waals surface area contributed by atoms with Crippen molar-refractivity contribution in [2.45, 2.75) is 6.92 Å². The summed E-state index contributed by atoms with van der Waals surface area (Å²) in [6.07, 6.45) is 0. The normalized spacial score (nSPS) is 11.0. The van der Waals surface area contributed by atoms with Crippen LogP contribution in [0.3, 0.4) is 0 Å². The number of phenolic OH excluding ortho intramolecular Hbond substituents is 1. The second-order valence-electron chi connectivity index (χ2n) is 6.23. The van der Waals surface area contributed by atoms with Gasteiger partial charge in [-0.3, -0.25) is 9.59 Å². The van der Waals surface area contributed by atoms with E-state index in [0.717, 1.165) is 0 Å². The van der Waals surface area contributed by atoms with Crippen LogP contribution >= 0.6 is 0 Å².